The summed E-state index contributed by atoms with van der Waals surface area (Å²) in [4.78, 5) is -0.135. The fourth-order valence-electron chi connectivity index (χ4n) is 2.36. The van der Waals surface area contributed by atoms with Gasteiger partial charge in [0.15, 0.2) is 0 Å². The van der Waals surface area contributed by atoms with Gasteiger partial charge in [-0.15, -0.1) is 0 Å². The fraction of sp³-hybridized carbons (Fsp3) is 0.571. The number of sulfonamides is 1. The van der Waals surface area contributed by atoms with Crippen LogP contribution in [0.15, 0.2) is 17.0 Å². The Morgan fingerprint density at radius 3 is 2.52 bits per heavy atom. The van der Waals surface area contributed by atoms with E-state index in [2.05, 4.69) is 18.6 Å². The Hall–Kier alpha value is -0.690. The second-order valence-electron chi connectivity index (χ2n) is 5.92. The molecule has 0 radical (unpaired) electrons. The van der Waals surface area contributed by atoms with Crippen molar-refractivity contribution < 1.29 is 12.8 Å². The first-order valence-corrected chi connectivity index (χ1v) is 8.75. The van der Waals surface area contributed by atoms with Crippen LogP contribution >= 0.6 is 11.6 Å². The predicted octanol–water partition coefficient (Wildman–Crippen LogP) is 2.65. The highest BCUT2D eigenvalue weighted by molar-refractivity contribution is 7.89. The number of hydrogen-bond acceptors (Lipinski definition) is 3. The Bertz CT molecular complexity index is 643. The van der Waals surface area contributed by atoms with Crippen molar-refractivity contribution in [3.63, 3.8) is 0 Å². The second-order valence-corrected chi connectivity index (χ2v) is 8.07. The summed E-state index contributed by atoms with van der Waals surface area (Å²) in [7, 11) is -3.76. The number of halogens is 2. The van der Waals surface area contributed by atoms with Gasteiger partial charge in [-0.25, -0.2) is 17.5 Å². The van der Waals surface area contributed by atoms with Gasteiger partial charge in [0.2, 0.25) is 10.0 Å². The molecule has 1 aliphatic rings. The van der Waals surface area contributed by atoms with E-state index in [4.69, 9.17) is 17.3 Å². The van der Waals surface area contributed by atoms with E-state index in [-0.39, 0.29) is 27.4 Å². The molecule has 21 heavy (non-hydrogen) atoms. The molecule has 0 amide bonds. The maximum atomic E-state index is 13.7. The Balaban J connectivity index is 2.22. The van der Waals surface area contributed by atoms with Crippen molar-refractivity contribution in [2.24, 2.45) is 17.1 Å². The first-order chi connectivity index (χ1) is 9.72. The zero-order valence-corrected chi connectivity index (χ0v) is 13.7. The molecule has 0 heterocycles. The zero-order valence-electron chi connectivity index (χ0n) is 12.1. The van der Waals surface area contributed by atoms with E-state index < -0.39 is 15.8 Å². The minimum atomic E-state index is -3.76. The Kier molecular flexibility index (Phi) is 4.63. The fourth-order valence-corrected chi connectivity index (χ4v) is 3.75. The minimum absolute atomic E-state index is 0.0188. The van der Waals surface area contributed by atoms with Crippen LogP contribution in [0, 0.1) is 17.2 Å². The molecule has 7 heteroatoms. The minimum Gasteiger partial charge on any atom is -0.326 e. The van der Waals surface area contributed by atoms with Gasteiger partial charge < -0.3 is 5.73 Å². The summed E-state index contributed by atoms with van der Waals surface area (Å²) >= 11 is 5.75. The van der Waals surface area contributed by atoms with Crippen molar-refractivity contribution in [3.8, 4) is 0 Å². The van der Waals surface area contributed by atoms with Gasteiger partial charge >= 0.3 is 0 Å². The molecule has 0 aromatic heterocycles. The van der Waals surface area contributed by atoms with E-state index in [0.717, 1.165) is 18.9 Å². The molecule has 1 fully saturated rings. The summed E-state index contributed by atoms with van der Waals surface area (Å²) in [5, 5.41) is -0.128. The van der Waals surface area contributed by atoms with Crippen LogP contribution in [-0.2, 0) is 16.6 Å². The summed E-state index contributed by atoms with van der Waals surface area (Å²) < 4.78 is 40.9. The van der Waals surface area contributed by atoms with Crippen LogP contribution in [0.25, 0.3) is 0 Å². The van der Waals surface area contributed by atoms with E-state index in [1.165, 1.54) is 6.07 Å². The van der Waals surface area contributed by atoms with Crippen molar-refractivity contribution in [3.05, 3.63) is 28.5 Å². The van der Waals surface area contributed by atoms with Crippen molar-refractivity contribution in [1.29, 1.82) is 0 Å². The lowest BCUT2D eigenvalue weighted by molar-refractivity contribution is 0.357. The van der Waals surface area contributed by atoms with Crippen LogP contribution in [0.1, 0.15) is 32.3 Å². The summed E-state index contributed by atoms with van der Waals surface area (Å²) in [6, 6.07) is 2.25. The van der Waals surface area contributed by atoms with Crippen molar-refractivity contribution in [2.45, 2.75) is 38.1 Å². The number of nitrogens with one attached hydrogen (secondary N) is 1. The molecule has 0 spiro atoms. The molecule has 0 unspecified atom stereocenters. The first-order valence-electron chi connectivity index (χ1n) is 6.89. The molecule has 3 N–H and O–H groups in total. The topological polar surface area (TPSA) is 72.2 Å². The summed E-state index contributed by atoms with van der Waals surface area (Å²) in [6.07, 6.45) is 2.02. The largest absolute Gasteiger partial charge is 0.326 e. The third-order valence-electron chi connectivity index (χ3n) is 4.34. The average molecular weight is 335 g/mol. The van der Waals surface area contributed by atoms with E-state index in [1.807, 2.05) is 0 Å². The highest BCUT2D eigenvalue weighted by Crippen LogP contribution is 2.51. The molecule has 0 atom stereocenters. The van der Waals surface area contributed by atoms with Crippen LogP contribution < -0.4 is 10.5 Å². The molecule has 1 aromatic rings. The molecular formula is C14H20ClFN2O2S. The van der Waals surface area contributed by atoms with E-state index in [1.54, 1.807) is 0 Å². The van der Waals surface area contributed by atoms with Crippen molar-refractivity contribution in [2.75, 3.05) is 6.54 Å². The third kappa shape index (κ3) is 3.39. The van der Waals surface area contributed by atoms with Gasteiger partial charge in [-0.2, -0.15) is 0 Å². The highest BCUT2D eigenvalue weighted by atomic mass is 35.5. The highest BCUT2D eigenvalue weighted by Gasteiger charge is 2.45. The molecule has 0 bridgehead atoms. The smallest absolute Gasteiger partial charge is 0.240 e. The third-order valence-corrected chi connectivity index (χ3v) is 6.14. The van der Waals surface area contributed by atoms with Gasteiger partial charge in [-0.05, 0) is 41.9 Å². The van der Waals surface area contributed by atoms with Crippen molar-refractivity contribution >= 4 is 21.6 Å². The molecule has 0 aliphatic heterocycles. The molecule has 1 saturated carbocycles. The maximum Gasteiger partial charge on any atom is 0.240 e. The van der Waals surface area contributed by atoms with E-state index in [9.17, 15) is 12.8 Å². The molecular weight excluding hydrogens is 315 g/mol. The van der Waals surface area contributed by atoms with Crippen LogP contribution in [0.3, 0.4) is 0 Å². The average Bonchev–Trinajstić information content (AvgIpc) is 3.20. The molecule has 1 aliphatic carbocycles. The standard InChI is InChI=1S/C14H20ClFN2O2S/c1-9(2)14(3-4-14)8-18-21(19,20)11-5-10(7-17)13(15)12(16)6-11/h5-6,9,18H,3-4,7-8,17H2,1-2H3. The number of benzene rings is 1. The molecule has 4 nitrogen and oxygen atoms in total. The monoisotopic (exact) mass is 334 g/mol. The quantitative estimate of drug-likeness (QED) is 0.840. The SMILES string of the molecule is CC(C)C1(CNS(=O)(=O)c2cc(F)c(Cl)c(CN)c2)CC1. The first kappa shape index (κ1) is 16.7. The van der Waals surface area contributed by atoms with Gasteiger partial charge in [0.05, 0.1) is 9.92 Å². The van der Waals surface area contributed by atoms with Crippen molar-refractivity contribution in [1.82, 2.24) is 4.72 Å². The second kappa shape index (κ2) is 5.83. The van der Waals surface area contributed by atoms with Gasteiger partial charge in [0.1, 0.15) is 5.82 Å². The lowest BCUT2D eigenvalue weighted by Gasteiger charge is -2.20. The zero-order chi connectivity index (χ0) is 15.8. The molecule has 0 saturated heterocycles. The lowest BCUT2D eigenvalue weighted by atomic mass is 9.93. The van der Waals surface area contributed by atoms with E-state index in [0.29, 0.717) is 12.5 Å². The lowest BCUT2D eigenvalue weighted by Crippen LogP contribution is -2.32. The number of nitrogens with two attached hydrogens (primary N) is 1. The maximum absolute atomic E-state index is 13.7. The van der Waals surface area contributed by atoms with Gasteiger partial charge in [-0.1, -0.05) is 25.4 Å². The predicted molar refractivity (Wildman–Crippen MR) is 81.0 cm³/mol. The van der Waals surface area contributed by atoms with Crippen LogP contribution in [0.5, 0.6) is 0 Å². The number of rotatable bonds is 6. The normalized spacial score (nSPS) is 17.2. The Morgan fingerprint density at radius 1 is 1.43 bits per heavy atom. The molecule has 2 rings (SSSR count). The Labute approximate surface area is 129 Å². The van der Waals surface area contributed by atoms with Gasteiger partial charge in [0.25, 0.3) is 0 Å². The van der Waals surface area contributed by atoms with Crippen LogP contribution in [-0.4, -0.2) is 15.0 Å². The summed E-state index contributed by atoms with van der Waals surface area (Å²) in [5.74, 6) is -0.369. The Morgan fingerprint density at radius 2 is 2.05 bits per heavy atom. The van der Waals surface area contributed by atoms with E-state index >= 15 is 0 Å². The summed E-state index contributed by atoms with van der Waals surface area (Å²) in [6.45, 7) is 4.51. The molecule has 118 valence electrons. The van der Waals surface area contributed by atoms with Crippen LogP contribution in [0.2, 0.25) is 5.02 Å². The number of hydrogen-bond donors (Lipinski definition) is 2. The van der Waals surface area contributed by atoms with Gasteiger partial charge in [-0.3, -0.25) is 0 Å². The summed E-state index contributed by atoms with van der Waals surface area (Å²) in [5.41, 5.74) is 5.77. The van der Waals surface area contributed by atoms with Crippen LogP contribution in [0.4, 0.5) is 4.39 Å². The van der Waals surface area contributed by atoms with Gasteiger partial charge in [0, 0.05) is 13.1 Å². The molecule has 1 aromatic carbocycles.